The van der Waals surface area contributed by atoms with Crippen molar-refractivity contribution in [3.05, 3.63) is 223 Å². The Morgan fingerprint density at radius 1 is 0.387 bits per heavy atom. The zero-order valence-corrected chi connectivity index (χ0v) is 37.1. The molecule has 0 saturated carbocycles. The summed E-state index contributed by atoms with van der Waals surface area (Å²) < 4.78 is 0. The third-order valence-electron chi connectivity index (χ3n) is 14.2. The molecule has 0 amide bonds. The maximum atomic E-state index is 2.58. The molecule has 0 saturated heterocycles. The summed E-state index contributed by atoms with van der Waals surface area (Å²) in [5, 5.41) is 8.17. The summed E-state index contributed by atoms with van der Waals surface area (Å²) in [6, 6.07) is 80.2. The Kier molecular flexibility index (Phi) is 9.07. The predicted molar refractivity (Wildman–Crippen MR) is 267 cm³/mol. The van der Waals surface area contributed by atoms with Crippen LogP contribution in [0, 0.1) is 0 Å². The van der Waals surface area contributed by atoms with Crippen LogP contribution in [0.2, 0.25) is 0 Å². The zero-order valence-electron chi connectivity index (χ0n) is 36.1. The lowest BCUT2D eigenvalue weighted by Gasteiger charge is -2.43. The van der Waals surface area contributed by atoms with Crippen LogP contribution in [-0.4, -0.2) is 8.07 Å². The van der Waals surface area contributed by atoms with Crippen molar-refractivity contribution >= 4 is 56.7 Å². The van der Waals surface area contributed by atoms with Crippen LogP contribution in [0.25, 0.3) is 44.2 Å². The van der Waals surface area contributed by atoms with E-state index in [1.54, 1.807) is 0 Å². The number of anilines is 3. The summed E-state index contributed by atoms with van der Waals surface area (Å²) in [4.78, 5) is 2.58. The summed E-state index contributed by atoms with van der Waals surface area (Å²) in [5.41, 5.74) is 14.2. The van der Waals surface area contributed by atoms with E-state index in [1.165, 1.54) is 88.1 Å². The molecule has 0 unspecified atom stereocenters. The fraction of sp³-hybridized carbons (Fsp3) is 0.133. The topological polar surface area (TPSA) is 3.24 Å². The number of hydrogen-bond donors (Lipinski definition) is 0. The van der Waals surface area contributed by atoms with Gasteiger partial charge in [-0.15, -0.1) is 0 Å². The number of fused-ring (bicyclic) bond motifs is 5. The minimum absolute atomic E-state index is 0.0261. The van der Waals surface area contributed by atoms with E-state index in [0.717, 1.165) is 17.8 Å². The van der Waals surface area contributed by atoms with Crippen molar-refractivity contribution in [1.29, 1.82) is 0 Å². The molecule has 1 heterocycles. The molecular formula is C60H51NSi. The Balaban J connectivity index is 1.22. The van der Waals surface area contributed by atoms with Crippen molar-refractivity contribution in [2.75, 3.05) is 4.90 Å². The standard InChI is InChI=1S/C60H51NSi/c1-59(2)38-39-60(3,4)58-52(29-19-30-53(58)59)49-27-14-17-32-55(49)61(54-31-16-13-26-48(54)44-35-34-42-20-11-12-21-43(42)40-44)45-36-37-51-50-28-15-18-33-56(50)62(57(51)41-45,46-22-7-5-8-23-46)47-24-9-6-10-25-47/h5-37,40-41H,38-39H2,1-4H3. The number of benzene rings is 9. The summed E-state index contributed by atoms with van der Waals surface area (Å²) in [6.45, 7) is 9.77. The third-order valence-corrected chi connectivity index (χ3v) is 19.1. The molecule has 0 atom stereocenters. The van der Waals surface area contributed by atoms with Gasteiger partial charge in [-0.05, 0) is 119 Å². The SMILES string of the molecule is CC1(C)CCC(C)(C)c2c(-c3ccccc3N(c3ccc4c(c3)[Si](c3ccccc3)(c3ccccc3)c3ccccc3-4)c3ccccc3-c3ccc4ccccc4c3)cccc21. The molecule has 2 aliphatic rings. The molecule has 62 heavy (non-hydrogen) atoms. The highest BCUT2D eigenvalue weighted by Crippen LogP contribution is 2.52. The fourth-order valence-electron chi connectivity index (χ4n) is 11.1. The predicted octanol–water partition coefficient (Wildman–Crippen LogP) is 13.4. The lowest BCUT2D eigenvalue weighted by molar-refractivity contribution is 0.333. The van der Waals surface area contributed by atoms with Gasteiger partial charge in [-0.2, -0.15) is 0 Å². The van der Waals surface area contributed by atoms with Crippen LogP contribution in [0.5, 0.6) is 0 Å². The van der Waals surface area contributed by atoms with Crippen LogP contribution in [0.3, 0.4) is 0 Å². The van der Waals surface area contributed by atoms with Gasteiger partial charge >= 0.3 is 0 Å². The Bertz CT molecular complexity index is 3100. The van der Waals surface area contributed by atoms with Gasteiger partial charge in [0.25, 0.3) is 0 Å². The van der Waals surface area contributed by atoms with Gasteiger partial charge in [0.1, 0.15) is 0 Å². The Morgan fingerprint density at radius 3 is 1.66 bits per heavy atom. The van der Waals surface area contributed by atoms with Crippen LogP contribution in [0.4, 0.5) is 17.1 Å². The Labute approximate surface area is 368 Å². The second kappa shape index (κ2) is 14.7. The zero-order chi connectivity index (χ0) is 42.1. The highest BCUT2D eigenvalue weighted by Gasteiger charge is 2.49. The monoisotopic (exact) mass is 813 g/mol. The van der Waals surface area contributed by atoms with E-state index in [9.17, 15) is 0 Å². The van der Waals surface area contributed by atoms with E-state index in [2.05, 4.69) is 245 Å². The van der Waals surface area contributed by atoms with Crippen LogP contribution in [-0.2, 0) is 10.8 Å². The normalized spacial score (nSPS) is 15.4. The molecule has 9 aromatic carbocycles. The second-order valence-electron chi connectivity index (χ2n) is 18.7. The first-order chi connectivity index (χ1) is 30.3. The summed E-state index contributed by atoms with van der Waals surface area (Å²) in [7, 11) is -2.77. The van der Waals surface area contributed by atoms with E-state index < -0.39 is 8.07 Å². The third kappa shape index (κ3) is 5.96. The van der Waals surface area contributed by atoms with E-state index in [0.29, 0.717) is 0 Å². The molecule has 1 nitrogen and oxygen atoms in total. The van der Waals surface area contributed by atoms with Gasteiger partial charge < -0.3 is 4.90 Å². The fourth-order valence-corrected chi connectivity index (χ4v) is 16.3. The van der Waals surface area contributed by atoms with Crippen molar-refractivity contribution in [3.8, 4) is 33.4 Å². The first-order valence-corrected chi connectivity index (χ1v) is 24.2. The molecule has 11 rings (SSSR count). The molecule has 0 N–H and O–H groups in total. The molecule has 0 spiro atoms. The van der Waals surface area contributed by atoms with Gasteiger partial charge in [-0.3, -0.25) is 0 Å². The average Bonchev–Trinajstić information content (AvgIpc) is 3.61. The van der Waals surface area contributed by atoms with Gasteiger partial charge in [0.2, 0.25) is 0 Å². The molecule has 9 aromatic rings. The maximum Gasteiger partial charge on any atom is 0.180 e. The molecular weight excluding hydrogens is 763 g/mol. The number of rotatable bonds is 7. The van der Waals surface area contributed by atoms with Gasteiger partial charge in [-0.1, -0.05) is 210 Å². The highest BCUT2D eigenvalue weighted by atomic mass is 28.3. The van der Waals surface area contributed by atoms with E-state index in [1.807, 2.05) is 0 Å². The Hall–Kier alpha value is -6.74. The lowest BCUT2D eigenvalue weighted by atomic mass is 9.61. The van der Waals surface area contributed by atoms with Crippen molar-refractivity contribution in [1.82, 2.24) is 0 Å². The van der Waals surface area contributed by atoms with Gasteiger partial charge in [0.15, 0.2) is 8.07 Å². The maximum absolute atomic E-state index is 2.77. The molecule has 0 bridgehead atoms. The Morgan fingerprint density at radius 2 is 0.935 bits per heavy atom. The molecule has 300 valence electrons. The summed E-state index contributed by atoms with van der Waals surface area (Å²) in [5.74, 6) is 0. The molecule has 1 aliphatic heterocycles. The smallest absolute Gasteiger partial charge is 0.180 e. The van der Waals surface area contributed by atoms with Gasteiger partial charge in [-0.25, -0.2) is 0 Å². The molecule has 1 aliphatic carbocycles. The first-order valence-electron chi connectivity index (χ1n) is 22.2. The van der Waals surface area contributed by atoms with Gasteiger partial charge in [0.05, 0.1) is 11.4 Å². The van der Waals surface area contributed by atoms with Crippen LogP contribution >= 0.6 is 0 Å². The van der Waals surface area contributed by atoms with Crippen molar-refractivity contribution in [2.24, 2.45) is 0 Å². The number of hydrogen-bond acceptors (Lipinski definition) is 1. The van der Waals surface area contributed by atoms with Crippen LogP contribution < -0.4 is 25.6 Å². The van der Waals surface area contributed by atoms with E-state index in [-0.39, 0.29) is 10.8 Å². The van der Waals surface area contributed by atoms with E-state index >= 15 is 0 Å². The number of para-hydroxylation sites is 2. The van der Waals surface area contributed by atoms with Crippen LogP contribution in [0.1, 0.15) is 51.7 Å². The largest absolute Gasteiger partial charge is 0.309 e. The van der Waals surface area contributed by atoms with Crippen LogP contribution in [0.15, 0.2) is 212 Å². The molecule has 0 fully saturated rings. The second-order valence-corrected chi connectivity index (χ2v) is 22.4. The average molecular weight is 814 g/mol. The quantitative estimate of drug-likeness (QED) is 0.145. The van der Waals surface area contributed by atoms with Gasteiger partial charge in [0, 0.05) is 16.8 Å². The molecule has 0 aromatic heterocycles. The number of nitrogens with zero attached hydrogens (tertiary/aromatic N) is 1. The van der Waals surface area contributed by atoms with Crippen molar-refractivity contribution in [2.45, 2.75) is 51.4 Å². The first kappa shape index (κ1) is 38.2. The molecule has 2 heteroatoms. The summed E-state index contributed by atoms with van der Waals surface area (Å²) >= 11 is 0. The lowest BCUT2D eigenvalue weighted by Crippen LogP contribution is -2.72. The van der Waals surface area contributed by atoms with Crippen molar-refractivity contribution < 1.29 is 0 Å². The summed E-state index contributed by atoms with van der Waals surface area (Å²) in [6.07, 6.45) is 2.33. The van der Waals surface area contributed by atoms with E-state index in [4.69, 9.17) is 0 Å². The minimum atomic E-state index is -2.77. The minimum Gasteiger partial charge on any atom is -0.309 e. The van der Waals surface area contributed by atoms with Crippen molar-refractivity contribution in [3.63, 3.8) is 0 Å². The molecule has 0 radical (unpaired) electrons. The highest BCUT2D eigenvalue weighted by molar-refractivity contribution is 7.22.